The molecule has 0 fully saturated rings. The maximum absolute atomic E-state index is 2.37. The molecule has 0 heteroatoms. The second-order valence-electron chi connectivity index (χ2n) is 24.7. The molecule has 8 aromatic rings. The predicted molar refractivity (Wildman–Crippen MR) is 416 cm³/mol. The lowest BCUT2D eigenvalue weighted by atomic mass is 9.78. The molecule has 500 valence electrons. The quantitative estimate of drug-likeness (QED) is 0.126. The van der Waals surface area contributed by atoms with Crippen molar-refractivity contribution in [2.75, 3.05) is 0 Å². The number of aryl methyl sites for hydroxylation is 2. The van der Waals surface area contributed by atoms with Gasteiger partial charge in [-0.15, -0.1) is 0 Å². The van der Waals surface area contributed by atoms with Crippen molar-refractivity contribution in [1.29, 1.82) is 0 Å². The third-order valence-corrected chi connectivity index (χ3v) is 17.8. The molecule has 0 spiro atoms. The summed E-state index contributed by atoms with van der Waals surface area (Å²) in [6, 6.07) is 64.4. The fourth-order valence-electron chi connectivity index (χ4n) is 10.6. The maximum Gasteiger partial charge on any atom is -0.0103 e. The largest absolute Gasteiger partial charge is 0.0683 e. The van der Waals surface area contributed by atoms with E-state index in [9.17, 15) is 0 Å². The average molecular weight is 1220 g/mol. The summed E-state index contributed by atoms with van der Waals surface area (Å²) in [7, 11) is 0. The van der Waals surface area contributed by atoms with E-state index in [4.69, 9.17) is 0 Å². The maximum atomic E-state index is 2.37. The topological polar surface area (TPSA) is 0 Å². The molecule has 0 bridgehead atoms. The lowest BCUT2D eigenvalue weighted by Gasteiger charge is -2.27. The Morgan fingerprint density at radius 2 is 0.733 bits per heavy atom. The van der Waals surface area contributed by atoms with E-state index < -0.39 is 0 Å². The van der Waals surface area contributed by atoms with Crippen LogP contribution < -0.4 is 0 Å². The number of fused-ring (bicyclic) bond motifs is 5. The number of rotatable bonds is 9. The van der Waals surface area contributed by atoms with Crippen molar-refractivity contribution in [2.24, 2.45) is 17.8 Å². The molecule has 2 aliphatic carbocycles. The first-order valence-corrected chi connectivity index (χ1v) is 36.6. The normalized spacial score (nSPS) is 15.7. The molecule has 0 aromatic heterocycles. The fraction of sp³-hybridized carbons (Fsp3) is 0.511. The molecule has 8 unspecified atom stereocenters. The van der Waals surface area contributed by atoms with Gasteiger partial charge < -0.3 is 0 Å². The highest BCUT2D eigenvalue weighted by atomic mass is 14.3. The minimum absolute atomic E-state index is 0.267. The molecule has 0 saturated carbocycles. The van der Waals surface area contributed by atoms with Gasteiger partial charge in [0.25, 0.3) is 0 Å². The third kappa shape index (κ3) is 29.7. The molecule has 10 rings (SSSR count). The van der Waals surface area contributed by atoms with E-state index in [-0.39, 0.29) is 5.41 Å². The van der Waals surface area contributed by atoms with Gasteiger partial charge in [0.2, 0.25) is 0 Å². The summed E-state index contributed by atoms with van der Waals surface area (Å²) in [5, 5.41) is 5.40. The number of hydrogen-bond acceptors (Lipinski definition) is 0. The summed E-state index contributed by atoms with van der Waals surface area (Å²) in [4.78, 5) is 0. The van der Waals surface area contributed by atoms with Gasteiger partial charge in [0.15, 0.2) is 0 Å². The van der Waals surface area contributed by atoms with E-state index in [1.165, 1.54) is 105 Å². The molecule has 0 N–H and O–H groups in total. The summed E-state index contributed by atoms with van der Waals surface area (Å²) in [6.45, 7) is 62.6. The fourth-order valence-corrected chi connectivity index (χ4v) is 10.6. The van der Waals surface area contributed by atoms with Crippen LogP contribution in [0.2, 0.25) is 0 Å². The highest BCUT2D eigenvalue weighted by molar-refractivity contribution is 6.07. The van der Waals surface area contributed by atoms with Crippen LogP contribution in [0.15, 0.2) is 176 Å². The van der Waals surface area contributed by atoms with E-state index in [0.717, 1.165) is 30.1 Å². The zero-order valence-electron chi connectivity index (χ0n) is 64.0. The van der Waals surface area contributed by atoms with Crippen molar-refractivity contribution in [3.05, 3.63) is 237 Å². The highest BCUT2D eigenvalue weighted by Gasteiger charge is 2.25. The van der Waals surface area contributed by atoms with Crippen LogP contribution in [-0.2, 0) is 31.1 Å². The minimum atomic E-state index is 0.267. The Labute approximate surface area is 560 Å². The molecule has 0 heterocycles. The molecule has 0 nitrogen and oxygen atoms in total. The number of hydrogen-bond donors (Lipinski definition) is 0. The van der Waals surface area contributed by atoms with Crippen LogP contribution in [0.25, 0.3) is 21.5 Å². The van der Waals surface area contributed by atoms with Crippen molar-refractivity contribution in [2.45, 2.75) is 287 Å². The van der Waals surface area contributed by atoms with Gasteiger partial charge in [-0.05, 0) is 188 Å². The molecule has 0 radical (unpaired) electrons. The lowest BCUT2D eigenvalue weighted by molar-refractivity contribution is 0.361. The average Bonchev–Trinajstić information content (AvgIpc) is 1.58. The van der Waals surface area contributed by atoms with Crippen molar-refractivity contribution in [3.8, 4) is 0 Å². The SMILES string of the molecule is CC.CC.CC.CC.CC.CC.CC1Cc2ccccc2C1C.CC1Cc2ccccc2CC1C.CCC(C)c1ccc(C)cc1.CCC(C)c1ccc2ccc3ccccc3c2c1.CCC(C)c1cccc(C(C)(C)C)c1.CCc1cccc(C(C)CC)c1. The molecule has 8 aromatic carbocycles. The van der Waals surface area contributed by atoms with E-state index in [1.807, 2.05) is 83.1 Å². The van der Waals surface area contributed by atoms with Crippen LogP contribution >= 0.6 is 0 Å². The molecule has 90 heavy (non-hydrogen) atoms. The third-order valence-electron chi connectivity index (χ3n) is 17.8. The van der Waals surface area contributed by atoms with Gasteiger partial charge in [-0.3, -0.25) is 0 Å². The Kier molecular flexibility index (Phi) is 47.9. The second kappa shape index (κ2) is 49.9. The highest BCUT2D eigenvalue weighted by Crippen LogP contribution is 2.37. The zero-order valence-corrected chi connectivity index (χ0v) is 64.0. The van der Waals surface area contributed by atoms with Crippen LogP contribution in [-0.4, -0.2) is 0 Å². The summed E-state index contributed by atoms with van der Waals surface area (Å²) >= 11 is 0. The first-order chi connectivity index (χ1) is 43.3. The van der Waals surface area contributed by atoms with Crippen LogP contribution in [0.1, 0.15) is 310 Å². The molecule has 0 amide bonds. The van der Waals surface area contributed by atoms with Gasteiger partial charge in [-0.1, -0.05) is 375 Å². The predicted octanol–water partition coefficient (Wildman–Crippen LogP) is 29.5. The Bertz CT molecular complexity index is 2970. The van der Waals surface area contributed by atoms with Crippen molar-refractivity contribution < 1.29 is 0 Å². The monoisotopic (exact) mass is 1220 g/mol. The van der Waals surface area contributed by atoms with Crippen LogP contribution in [0.3, 0.4) is 0 Å². The lowest BCUT2D eigenvalue weighted by Crippen LogP contribution is -2.20. The van der Waals surface area contributed by atoms with Gasteiger partial charge in [-0.25, -0.2) is 0 Å². The molecular formula is C90H140. The Morgan fingerprint density at radius 1 is 0.356 bits per heavy atom. The van der Waals surface area contributed by atoms with E-state index in [1.54, 1.807) is 22.3 Å². The van der Waals surface area contributed by atoms with Gasteiger partial charge in [0.05, 0.1) is 0 Å². The van der Waals surface area contributed by atoms with Gasteiger partial charge in [0.1, 0.15) is 0 Å². The second-order valence-corrected chi connectivity index (χ2v) is 24.7. The number of benzene rings is 8. The summed E-state index contributed by atoms with van der Waals surface area (Å²) in [6.07, 6.45) is 9.83. The molecular weight excluding hydrogens is 1080 g/mol. The Hall–Kier alpha value is -5.72. The smallest absolute Gasteiger partial charge is 0.0103 e. The zero-order chi connectivity index (χ0) is 68.9. The summed E-state index contributed by atoms with van der Waals surface area (Å²) in [5.41, 5.74) is 16.6. The van der Waals surface area contributed by atoms with Gasteiger partial charge in [0, 0.05) is 0 Å². The molecule has 8 atom stereocenters. The van der Waals surface area contributed by atoms with E-state index >= 15 is 0 Å². The summed E-state index contributed by atoms with van der Waals surface area (Å²) < 4.78 is 0. The van der Waals surface area contributed by atoms with Crippen LogP contribution in [0.4, 0.5) is 0 Å². The summed E-state index contributed by atoms with van der Waals surface area (Å²) in [5.74, 6) is 6.05. The first kappa shape index (κ1) is 86.3. The van der Waals surface area contributed by atoms with E-state index in [2.05, 4.69) is 294 Å². The van der Waals surface area contributed by atoms with Crippen molar-refractivity contribution in [1.82, 2.24) is 0 Å². The van der Waals surface area contributed by atoms with E-state index in [0.29, 0.717) is 23.7 Å². The van der Waals surface area contributed by atoms with Crippen molar-refractivity contribution >= 4 is 21.5 Å². The van der Waals surface area contributed by atoms with Gasteiger partial charge >= 0.3 is 0 Å². The standard InChI is InChI=1S/C18H18.C14H22.C12H16.C12H18.C11H14.C11H16.6C2H6/c1-3-13(2)16-11-10-15-9-8-14-6-4-5-7-17(14)18(15)12-16;1-6-11(2)12-8-7-9-13(10-12)14(3,4)5;1-9-7-11-5-3-4-6-12(11)8-10(9)2;1-4-10(3)12-8-6-7-11(5-2)9-12;1-8-7-10-5-3-4-6-11(10)9(8)2;1-4-10(3)11-7-5-9(2)6-8-11;6*1-2/h4-13H,3H2,1-2H3;7-11H,6H2,1-5H3;3-6,9-10H,7-8H2,1-2H3;6-10H,4-5H2,1-3H3;3-6,8-9H,7H2,1-2H3;5-8,10H,4H2,1-3H3;6*1-2H3. The minimum Gasteiger partial charge on any atom is -0.0683 e. The first-order valence-electron chi connectivity index (χ1n) is 36.6. The molecule has 0 saturated heterocycles. The Morgan fingerprint density at radius 3 is 1.20 bits per heavy atom. The van der Waals surface area contributed by atoms with Crippen LogP contribution in [0, 0.1) is 24.7 Å². The van der Waals surface area contributed by atoms with Crippen LogP contribution in [0.5, 0.6) is 0 Å². The van der Waals surface area contributed by atoms with Crippen molar-refractivity contribution in [3.63, 3.8) is 0 Å². The molecule has 2 aliphatic rings. The van der Waals surface area contributed by atoms with Gasteiger partial charge in [-0.2, -0.15) is 0 Å². The Balaban J connectivity index is 0. The molecule has 0 aliphatic heterocycles.